The molecule has 1 heterocycles. The fourth-order valence-corrected chi connectivity index (χ4v) is 1.53. The maximum atomic E-state index is 12.4. The number of nitrogen functional groups attached to an aromatic ring is 1. The summed E-state index contributed by atoms with van der Waals surface area (Å²) < 4.78 is 37.1. The number of carbonyl (C=O) groups is 1. The van der Waals surface area contributed by atoms with Gasteiger partial charge >= 0.3 is 6.18 Å². The van der Waals surface area contributed by atoms with Crippen molar-refractivity contribution in [2.75, 3.05) is 25.4 Å². The summed E-state index contributed by atoms with van der Waals surface area (Å²) in [6.07, 6.45) is -3.22. The average molecular weight is 277 g/mol. The largest absolute Gasteiger partial charge is 0.406 e. The number of pyridine rings is 1. The van der Waals surface area contributed by atoms with E-state index in [0.717, 1.165) is 0 Å². The van der Waals surface area contributed by atoms with E-state index in [4.69, 9.17) is 10.8 Å². The first-order valence-electron chi connectivity index (χ1n) is 5.43. The lowest BCUT2D eigenvalue weighted by molar-refractivity contribution is -0.141. The minimum atomic E-state index is -4.54. The Kier molecular flexibility index (Phi) is 4.71. The Labute approximate surface area is 107 Å². The second kappa shape index (κ2) is 5.87. The molecule has 0 saturated carbocycles. The van der Waals surface area contributed by atoms with Crippen LogP contribution in [0.15, 0.2) is 12.3 Å². The van der Waals surface area contributed by atoms with Gasteiger partial charge in [-0.1, -0.05) is 0 Å². The molecule has 3 N–H and O–H groups in total. The summed E-state index contributed by atoms with van der Waals surface area (Å²) in [4.78, 5) is 16.3. The van der Waals surface area contributed by atoms with Crippen molar-refractivity contribution in [1.82, 2.24) is 9.88 Å². The van der Waals surface area contributed by atoms with Crippen LogP contribution in [0.1, 0.15) is 16.1 Å². The average Bonchev–Trinajstić information content (AvgIpc) is 2.29. The SMILES string of the molecule is Cc1ncc(N)cc1C(=O)N(CCO)CC(F)(F)F. The van der Waals surface area contributed by atoms with Crippen molar-refractivity contribution in [1.29, 1.82) is 0 Å². The van der Waals surface area contributed by atoms with Gasteiger partial charge in [-0.25, -0.2) is 0 Å². The van der Waals surface area contributed by atoms with Crippen LogP contribution in [-0.2, 0) is 0 Å². The predicted octanol–water partition coefficient (Wildman–Crippen LogP) is 0.969. The lowest BCUT2D eigenvalue weighted by Crippen LogP contribution is -2.41. The Morgan fingerprint density at radius 1 is 1.53 bits per heavy atom. The number of carbonyl (C=O) groups excluding carboxylic acids is 1. The lowest BCUT2D eigenvalue weighted by atomic mass is 10.1. The van der Waals surface area contributed by atoms with Crippen LogP contribution in [0.3, 0.4) is 0 Å². The van der Waals surface area contributed by atoms with Crippen LogP contribution in [0.5, 0.6) is 0 Å². The number of anilines is 1. The van der Waals surface area contributed by atoms with Gasteiger partial charge < -0.3 is 15.7 Å². The Morgan fingerprint density at radius 2 is 2.16 bits per heavy atom. The van der Waals surface area contributed by atoms with Gasteiger partial charge in [-0.2, -0.15) is 13.2 Å². The highest BCUT2D eigenvalue weighted by atomic mass is 19.4. The molecule has 1 rings (SSSR count). The molecule has 0 saturated heterocycles. The zero-order chi connectivity index (χ0) is 14.6. The van der Waals surface area contributed by atoms with Crippen LogP contribution in [0, 0.1) is 6.92 Å². The molecular formula is C11H14F3N3O2. The fourth-order valence-electron chi connectivity index (χ4n) is 1.53. The number of aliphatic hydroxyl groups is 1. The summed E-state index contributed by atoms with van der Waals surface area (Å²) in [6, 6.07) is 1.27. The molecule has 0 aliphatic rings. The number of rotatable bonds is 4. The molecule has 0 fully saturated rings. The van der Waals surface area contributed by atoms with E-state index < -0.39 is 31.8 Å². The van der Waals surface area contributed by atoms with Gasteiger partial charge in [0, 0.05) is 6.54 Å². The smallest absolute Gasteiger partial charge is 0.397 e. The summed E-state index contributed by atoms with van der Waals surface area (Å²) >= 11 is 0. The lowest BCUT2D eigenvalue weighted by Gasteiger charge is -2.23. The van der Waals surface area contributed by atoms with Crippen molar-refractivity contribution in [3.05, 3.63) is 23.5 Å². The molecular weight excluding hydrogens is 263 g/mol. The third kappa shape index (κ3) is 4.40. The highest BCUT2D eigenvalue weighted by Gasteiger charge is 2.33. The number of amides is 1. The first-order chi connectivity index (χ1) is 8.74. The maximum Gasteiger partial charge on any atom is 0.406 e. The molecule has 0 aromatic carbocycles. The van der Waals surface area contributed by atoms with Crippen molar-refractivity contribution in [2.45, 2.75) is 13.1 Å². The van der Waals surface area contributed by atoms with Crippen molar-refractivity contribution >= 4 is 11.6 Å². The molecule has 8 heteroatoms. The van der Waals surface area contributed by atoms with Gasteiger partial charge in [-0.05, 0) is 13.0 Å². The molecule has 1 aromatic rings. The number of nitrogens with zero attached hydrogens (tertiary/aromatic N) is 2. The highest BCUT2D eigenvalue weighted by Crippen LogP contribution is 2.19. The van der Waals surface area contributed by atoms with E-state index in [0.29, 0.717) is 4.90 Å². The zero-order valence-electron chi connectivity index (χ0n) is 10.2. The fraction of sp³-hybridized carbons (Fsp3) is 0.455. The minimum Gasteiger partial charge on any atom is -0.397 e. The Bertz CT molecular complexity index is 463. The van der Waals surface area contributed by atoms with Crippen LogP contribution < -0.4 is 5.73 Å². The quantitative estimate of drug-likeness (QED) is 0.859. The standard InChI is InChI=1S/C11H14F3N3O2/c1-7-9(4-8(15)5-16-7)10(19)17(2-3-18)6-11(12,13)14/h4-5,18H,2-3,6,15H2,1H3. The molecule has 0 bridgehead atoms. The summed E-state index contributed by atoms with van der Waals surface area (Å²) in [5.41, 5.74) is 5.93. The van der Waals surface area contributed by atoms with E-state index in [1.807, 2.05) is 0 Å². The minimum absolute atomic E-state index is 0.00213. The number of hydrogen-bond acceptors (Lipinski definition) is 4. The number of aryl methyl sites for hydroxylation is 1. The highest BCUT2D eigenvalue weighted by molar-refractivity contribution is 5.96. The van der Waals surface area contributed by atoms with Gasteiger partial charge in [-0.15, -0.1) is 0 Å². The van der Waals surface area contributed by atoms with E-state index in [-0.39, 0.29) is 16.9 Å². The topological polar surface area (TPSA) is 79.5 Å². The van der Waals surface area contributed by atoms with Crippen molar-refractivity contribution in [3.8, 4) is 0 Å². The molecule has 5 nitrogen and oxygen atoms in total. The van der Waals surface area contributed by atoms with E-state index in [1.54, 1.807) is 0 Å². The summed E-state index contributed by atoms with van der Waals surface area (Å²) in [7, 11) is 0. The summed E-state index contributed by atoms with van der Waals surface area (Å²) in [5, 5.41) is 8.75. The molecule has 0 aliphatic heterocycles. The van der Waals surface area contributed by atoms with Gasteiger partial charge in [0.15, 0.2) is 0 Å². The second-order valence-corrected chi connectivity index (χ2v) is 3.97. The zero-order valence-corrected chi connectivity index (χ0v) is 10.2. The van der Waals surface area contributed by atoms with Gasteiger partial charge in [0.25, 0.3) is 5.91 Å². The van der Waals surface area contributed by atoms with Gasteiger partial charge in [-0.3, -0.25) is 9.78 Å². The number of alkyl halides is 3. The summed E-state index contributed by atoms with van der Waals surface area (Å²) in [5.74, 6) is -0.858. The third-order valence-electron chi connectivity index (χ3n) is 2.37. The first kappa shape index (κ1) is 15.2. The number of aliphatic hydroxyl groups excluding tert-OH is 1. The Morgan fingerprint density at radius 3 is 2.68 bits per heavy atom. The second-order valence-electron chi connectivity index (χ2n) is 3.97. The number of nitrogens with two attached hydrogens (primary N) is 1. The van der Waals surface area contributed by atoms with Gasteiger partial charge in [0.2, 0.25) is 0 Å². The monoisotopic (exact) mass is 277 g/mol. The number of aromatic nitrogens is 1. The normalized spacial score (nSPS) is 11.4. The predicted molar refractivity (Wildman–Crippen MR) is 62.4 cm³/mol. The number of halogens is 3. The molecule has 0 radical (unpaired) electrons. The van der Waals surface area contributed by atoms with Crippen LogP contribution in [-0.4, -0.2) is 46.8 Å². The third-order valence-corrected chi connectivity index (χ3v) is 2.37. The van der Waals surface area contributed by atoms with Crippen molar-refractivity contribution < 1.29 is 23.1 Å². The van der Waals surface area contributed by atoms with Crippen LogP contribution in [0.25, 0.3) is 0 Å². The van der Waals surface area contributed by atoms with E-state index in [2.05, 4.69) is 4.98 Å². The Balaban J connectivity index is 3.02. The van der Waals surface area contributed by atoms with E-state index in [9.17, 15) is 18.0 Å². The van der Waals surface area contributed by atoms with E-state index in [1.165, 1.54) is 19.2 Å². The van der Waals surface area contributed by atoms with E-state index >= 15 is 0 Å². The molecule has 0 atom stereocenters. The molecule has 0 unspecified atom stereocenters. The molecule has 0 spiro atoms. The van der Waals surface area contributed by atoms with Crippen LogP contribution in [0.4, 0.5) is 18.9 Å². The van der Waals surface area contributed by atoms with Crippen molar-refractivity contribution in [2.24, 2.45) is 0 Å². The number of hydrogen-bond donors (Lipinski definition) is 2. The van der Waals surface area contributed by atoms with Gasteiger partial charge in [0.1, 0.15) is 6.54 Å². The summed E-state index contributed by atoms with van der Waals surface area (Å²) in [6.45, 7) is -0.902. The van der Waals surface area contributed by atoms with Gasteiger partial charge in [0.05, 0.1) is 29.7 Å². The molecule has 1 aromatic heterocycles. The van der Waals surface area contributed by atoms with Crippen LogP contribution in [0.2, 0.25) is 0 Å². The Hall–Kier alpha value is -1.83. The molecule has 19 heavy (non-hydrogen) atoms. The molecule has 0 aliphatic carbocycles. The van der Waals surface area contributed by atoms with Crippen LogP contribution >= 0.6 is 0 Å². The maximum absolute atomic E-state index is 12.4. The molecule has 106 valence electrons. The molecule has 1 amide bonds. The van der Waals surface area contributed by atoms with Crippen molar-refractivity contribution in [3.63, 3.8) is 0 Å². The first-order valence-corrected chi connectivity index (χ1v) is 5.43.